The molecule has 0 spiro atoms. The molecule has 0 aromatic heterocycles. The van der Waals surface area contributed by atoms with Crippen molar-refractivity contribution in [1.82, 2.24) is 5.01 Å². The lowest BCUT2D eigenvalue weighted by Gasteiger charge is -2.23. The van der Waals surface area contributed by atoms with E-state index in [2.05, 4.69) is 16.2 Å². The summed E-state index contributed by atoms with van der Waals surface area (Å²) in [4.78, 5) is 0. The van der Waals surface area contributed by atoms with Crippen LogP contribution in [0, 0.1) is 11.3 Å². The van der Waals surface area contributed by atoms with E-state index >= 15 is 0 Å². The van der Waals surface area contributed by atoms with E-state index in [9.17, 15) is 0 Å². The van der Waals surface area contributed by atoms with Crippen LogP contribution < -0.4 is 0 Å². The molecule has 0 atom stereocenters. The van der Waals surface area contributed by atoms with Crippen LogP contribution in [0.5, 0.6) is 0 Å². The smallest absolute Gasteiger partial charge is 0.0991 e. The van der Waals surface area contributed by atoms with Crippen molar-refractivity contribution >= 4 is 6.21 Å². The number of nitriles is 1. The molecule has 0 unspecified atom stereocenters. The predicted octanol–water partition coefficient (Wildman–Crippen LogP) is 2.38. The SMILES string of the molecule is N#Cc1ccc(/C=N\N2CCCCC2)cc1. The Bertz CT molecular complexity index is 394. The Morgan fingerprint density at radius 1 is 1.12 bits per heavy atom. The Kier molecular flexibility index (Phi) is 3.55. The molecule has 1 saturated heterocycles. The van der Waals surface area contributed by atoms with Crippen molar-refractivity contribution in [2.45, 2.75) is 19.3 Å². The highest BCUT2D eigenvalue weighted by atomic mass is 15.4. The summed E-state index contributed by atoms with van der Waals surface area (Å²) in [6, 6.07) is 9.58. The van der Waals surface area contributed by atoms with Gasteiger partial charge in [0.2, 0.25) is 0 Å². The maximum atomic E-state index is 8.67. The molecule has 2 rings (SSSR count). The first-order chi connectivity index (χ1) is 7.88. The summed E-state index contributed by atoms with van der Waals surface area (Å²) < 4.78 is 0. The van der Waals surface area contributed by atoms with E-state index in [-0.39, 0.29) is 0 Å². The van der Waals surface area contributed by atoms with Gasteiger partial charge in [0.1, 0.15) is 0 Å². The van der Waals surface area contributed by atoms with Crippen molar-refractivity contribution in [3.05, 3.63) is 35.4 Å². The van der Waals surface area contributed by atoms with E-state index < -0.39 is 0 Å². The van der Waals surface area contributed by atoms with Gasteiger partial charge in [0, 0.05) is 13.1 Å². The summed E-state index contributed by atoms with van der Waals surface area (Å²) in [6.45, 7) is 2.12. The van der Waals surface area contributed by atoms with E-state index in [1.807, 2.05) is 30.5 Å². The summed E-state index contributed by atoms with van der Waals surface area (Å²) in [6.07, 6.45) is 5.67. The highest BCUT2D eigenvalue weighted by Crippen LogP contribution is 2.09. The van der Waals surface area contributed by atoms with Crippen LogP contribution in [0.2, 0.25) is 0 Å². The summed E-state index contributed by atoms with van der Waals surface area (Å²) in [5.74, 6) is 0. The van der Waals surface area contributed by atoms with Gasteiger partial charge in [-0.3, -0.25) is 5.01 Å². The number of benzene rings is 1. The lowest BCUT2D eigenvalue weighted by Crippen LogP contribution is -2.24. The second kappa shape index (κ2) is 5.32. The zero-order chi connectivity index (χ0) is 11.2. The molecule has 0 radical (unpaired) electrons. The van der Waals surface area contributed by atoms with Gasteiger partial charge in [0.15, 0.2) is 0 Å². The number of piperidine rings is 1. The van der Waals surface area contributed by atoms with E-state index in [0.717, 1.165) is 18.7 Å². The molecule has 82 valence electrons. The zero-order valence-electron chi connectivity index (χ0n) is 9.26. The quantitative estimate of drug-likeness (QED) is 0.707. The van der Waals surface area contributed by atoms with E-state index in [1.165, 1.54) is 19.3 Å². The standard InChI is InChI=1S/C13H15N3/c14-10-12-4-6-13(7-5-12)11-15-16-8-2-1-3-9-16/h4-7,11H,1-3,8-9H2/b15-11-. The van der Waals surface area contributed by atoms with Crippen LogP contribution in [-0.4, -0.2) is 24.3 Å². The van der Waals surface area contributed by atoms with Crippen LogP contribution in [0.3, 0.4) is 0 Å². The van der Waals surface area contributed by atoms with Crippen LogP contribution >= 0.6 is 0 Å². The van der Waals surface area contributed by atoms with Gasteiger partial charge < -0.3 is 0 Å². The van der Waals surface area contributed by atoms with Gasteiger partial charge in [-0.2, -0.15) is 10.4 Å². The molecule has 1 aliphatic rings. The fraction of sp³-hybridized carbons (Fsp3) is 0.385. The van der Waals surface area contributed by atoms with Crippen molar-refractivity contribution < 1.29 is 0 Å². The molecular formula is C13H15N3. The summed E-state index contributed by atoms with van der Waals surface area (Å²) >= 11 is 0. The number of hydrogen-bond acceptors (Lipinski definition) is 3. The maximum absolute atomic E-state index is 8.67. The number of hydrazone groups is 1. The highest BCUT2D eigenvalue weighted by molar-refractivity contribution is 5.79. The van der Waals surface area contributed by atoms with Crippen LogP contribution in [0.1, 0.15) is 30.4 Å². The van der Waals surface area contributed by atoms with Gasteiger partial charge in [-0.05, 0) is 37.0 Å². The number of hydrogen-bond donors (Lipinski definition) is 0. The molecule has 1 fully saturated rings. The second-order valence-electron chi connectivity index (χ2n) is 3.99. The molecule has 1 aliphatic heterocycles. The molecule has 1 heterocycles. The Morgan fingerprint density at radius 3 is 2.44 bits per heavy atom. The topological polar surface area (TPSA) is 39.4 Å². The summed E-state index contributed by atoms with van der Waals surface area (Å²) in [5, 5.41) is 15.2. The van der Waals surface area contributed by atoms with Crippen molar-refractivity contribution in [2.24, 2.45) is 5.10 Å². The average molecular weight is 213 g/mol. The normalized spacial score (nSPS) is 16.3. The lowest BCUT2D eigenvalue weighted by atomic mass is 10.1. The average Bonchev–Trinajstić information content (AvgIpc) is 2.38. The second-order valence-corrected chi connectivity index (χ2v) is 3.99. The van der Waals surface area contributed by atoms with E-state index in [1.54, 1.807) is 0 Å². The lowest BCUT2D eigenvalue weighted by molar-refractivity contribution is 0.240. The zero-order valence-corrected chi connectivity index (χ0v) is 9.26. The van der Waals surface area contributed by atoms with Crippen LogP contribution in [0.25, 0.3) is 0 Å². The van der Waals surface area contributed by atoms with E-state index in [4.69, 9.17) is 5.26 Å². The molecule has 1 aromatic carbocycles. The van der Waals surface area contributed by atoms with Gasteiger partial charge in [-0.1, -0.05) is 12.1 Å². The summed E-state index contributed by atoms with van der Waals surface area (Å²) in [5.41, 5.74) is 1.74. The van der Waals surface area contributed by atoms with Gasteiger partial charge in [-0.15, -0.1) is 0 Å². The minimum Gasteiger partial charge on any atom is -0.297 e. The molecule has 3 nitrogen and oxygen atoms in total. The van der Waals surface area contributed by atoms with Crippen molar-refractivity contribution in [1.29, 1.82) is 5.26 Å². The van der Waals surface area contributed by atoms with Crippen molar-refractivity contribution in [3.63, 3.8) is 0 Å². The van der Waals surface area contributed by atoms with Gasteiger partial charge in [0.05, 0.1) is 17.8 Å². The van der Waals surface area contributed by atoms with E-state index in [0.29, 0.717) is 5.56 Å². The minimum atomic E-state index is 0.690. The first-order valence-electron chi connectivity index (χ1n) is 5.67. The molecule has 1 aromatic rings. The molecule has 0 N–H and O–H groups in total. The molecule has 0 saturated carbocycles. The van der Waals surface area contributed by atoms with Crippen molar-refractivity contribution in [2.75, 3.05) is 13.1 Å². The van der Waals surface area contributed by atoms with Crippen LogP contribution in [0.15, 0.2) is 29.4 Å². The third-order valence-electron chi connectivity index (χ3n) is 2.74. The molecule has 0 bridgehead atoms. The Balaban J connectivity index is 1.97. The molecular weight excluding hydrogens is 198 g/mol. The van der Waals surface area contributed by atoms with Crippen LogP contribution in [-0.2, 0) is 0 Å². The fourth-order valence-corrected chi connectivity index (χ4v) is 1.78. The molecule has 3 heteroatoms. The first kappa shape index (κ1) is 10.7. The predicted molar refractivity (Wildman–Crippen MR) is 64.2 cm³/mol. The van der Waals surface area contributed by atoms with Gasteiger partial charge in [-0.25, -0.2) is 0 Å². The number of rotatable bonds is 2. The molecule has 0 amide bonds. The molecule has 16 heavy (non-hydrogen) atoms. The largest absolute Gasteiger partial charge is 0.297 e. The van der Waals surface area contributed by atoms with Crippen molar-refractivity contribution in [3.8, 4) is 6.07 Å². The Morgan fingerprint density at radius 2 is 1.81 bits per heavy atom. The van der Waals surface area contributed by atoms with Gasteiger partial charge in [0.25, 0.3) is 0 Å². The third kappa shape index (κ3) is 2.83. The monoisotopic (exact) mass is 213 g/mol. The number of nitrogens with zero attached hydrogens (tertiary/aromatic N) is 3. The first-order valence-corrected chi connectivity index (χ1v) is 5.67. The van der Waals surface area contributed by atoms with Crippen LogP contribution in [0.4, 0.5) is 0 Å². The summed E-state index contributed by atoms with van der Waals surface area (Å²) in [7, 11) is 0. The Labute approximate surface area is 96.0 Å². The maximum Gasteiger partial charge on any atom is 0.0991 e. The Hall–Kier alpha value is -1.82. The fourth-order valence-electron chi connectivity index (χ4n) is 1.78. The third-order valence-corrected chi connectivity index (χ3v) is 2.74. The highest BCUT2D eigenvalue weighted by Gasteiger charge is 2.05. The minimum absolute atomic E-state index is 0.690. The van der Waals surface area contributed by atoms with Gasteiger partial charge >= 0.3 is 0 Å². The molecule has 0 aliphatic carbocycles.